The minimum absolute atomic E-state index is 0.0941. The van der Waals surface area contributed by atoms with E-state index in [0.717, 1.165) is 10.3 Å². The zero-order chi connectivity index (χ0) is 24.8. The molecule has 184 valence electrons. The number of carbonyl (C=O) groups excluding carboxylic acids is 1. The van der Waals surface area contributed by atoms with E-state index in [1.165, 1.54) is 11.3 Å². The van der Waals surface area contributed by atoms with Gasteiger partial charge in [-0.05, 0) is 50.6 Å². The number of aryl methyl sites for hydroxylation is 1. The first-order valence-electron chi connectivity index (χ1n) is 11.5. The Morgan fingerprint density at radius 1 is 1.14 bits per heavy atom. The predicted molar refractivity (Wildman–Crippen MR) is 138 cm³/mol. The zero-order valence-corrected chi connectivity index (χ0v) is 21.4. The van der Waals surface area contributed by atoms with Gasteiger partial charge in [0.2, 0.25) is 5.91 Å². The summed E-state index contributed by atoms with van der Waals surface area (Å²) in [6.07, 6.45) is 3.84. The third kappa shape index (κ3) is 6.07. The Labute approximate surface area is 209 Å². The molecule has 10 heteroatoms. The van der Waals surface area contributed by atoms with Gasteiger partial charge in [-0.15, -0.1) is 0 Å². The van der Waals surface area contributed by atoms with Crippen LogP contribution in [0.4, 0.5) is 5.13 Å². The van der Waals surface area contributed by atoms with Crippen molar-refractivity contribution in [1.29, 1.82) is 0 Å². The van der Waals surface area contributed by atoms with Crippen molar-refractivity contribution in [2.45, 2.75) is 38.1 Å². The van der Waals surface area contributed by atoms with E-state index in [0.29, 0.717) is 36.1 Å². The maximum Gasteiger partial charge on any atom is 0.228 e. The predicted octanol–water partition coefficient (Wildman–Crippen LogP) is 4.49. The summed E-state index contributed by atoms with van der Waals surface area (Å²) in [5, 5.41) is 4.78. The summed E-state index contributed by atoms with van der Waals surface area (Å²) in [5.74, 6) is 0.410. The summed E-state index contributed by atoms with van der Waals surface area (Å²) >= 11 is 1.41. The number of thiazole rings is 1. The van der Waals surface area contributed by atoms with Crippen molar-refractivity contribution < 1.29 is 17.9 Å². The minimum atomic E-state index is -3.46. The molecule has 4 aromatic rings. The van der Waals surface area contributed by atoms with Gasteiger partial charge in [-0.2, -0.15) is 5.10 Å². The molecular formula is C25H28N4O4S2. The van der Waals surface area contributed by atoms with Crippen molar-refractivity contribution >= 4 is 42.4 Å². The van der Waals surface area contributed by atoms with Gasteiger partial charge < -0.3 is 4.74 Å². The van der Waals surface area contributed by atoms with Crippen LogP contribution >= 0.6 is 11.3 Å². The van der Waals surface area contributed by atoms with E-state index in [1.807, 2.05) is 44.3 Å². The van der Waals surface area contributed by atoms with Gasteiger partial charge in [0.1, 0.15) is 11.3 Å². The molecule has 8 nitrogen and oxygen atoms in total. The molecular weight excluding hydrogens is 484 g/mol. The molecule has 35 heavy (non-hydrogen) atoms. The second-order valence-electron chi connectivity index (χ2n) is 8.08. The number of carbonyl (C=O) groups is 1. The molecule has 0 saturated heterocycles. The van der Waals surface area contributed by atoms with Crippen molar-refractivity contribution in [1.82, 2.24) is 14.8 Å². The van der Waals surface area contributed by atoms with E-state index >= 15 is 0 Å². The number of aromatic nitrogens is 3. The fraction of sp³-hybridized carbons (Fsp3) is 0.320. The monoisotopic (exact) mass is 512 g/mol. The van der Waals surface area contributed by atoms with Gasteiger partial charge in [-0.1, -0.05) is 35.1 Å². The van der Waals surface area contributed by atoms with Crippen molar-refractivity contribution in [3.8, 4) is 5.75 Å². The highest BCUT2D eigenvalue weighted by Crippen LogP contribution is 2.34. The average Bonchev–Trinajstić information content (AvgIpc) is 3.50. The molecule has 0 fully saturated rings. The molecule has 0 aliphatic heterocycles. The number of anilines is 1. The lowest BCUT2D eigenvalue weighted by atomic mass is 10.2. The molecule has 0 spiro atoms. The van der Waals surface area contributed by atoms with Crippen LogP contribution in [0.3, 0.4) is 0 Å². The average molecular weight is 513 g/mol. The molecule has 0 bridgehead atoms. The third-order valence-electron chi connectivity index (χ3n) is 5.50. The molecule has 0 atom stereocenters. The Hall–Kier alpha value is -3.24. The lowest BCUT2D eigenvalue weighted by Gasteiger charge is -2.20. The lowest BCUT2D eigenvalue weighted by molar-refractivity contribution is -0.118. The minimum Gasteiger partial charge on any atom is -0.492 e. The van der Waals surface area contributed by atoms with Gasteiger partial charge in [0.05, 0.1) is 28.5 Å². The number of ether oxygens (including phenoxy) is 1. The second-order valence-corrected chi connectivity index (χ2v) is 11.2. The summed E-state index contributed by atoms with van der Waals surface area (Å²) in [7, 11) is -3.46. The summed E-state index contributed by atoms with van der Waals surface area (Å²) in [6, 6.07) is 14.3. The number of fused-ring (bicyclic) bond motifs is 1. The maximum absolute atomic E-state index is 13.3. The second kappa shape index (κ2) is 11.0. The van der Waals surface area contributed by atoms with Gasteiger partial charge in [0.15, 0.2) is 15.0 Å². The van der Waals surface area contributed by atoms with E-state index in [-0.39, 0.29) is 29.4 Å². The number of hydrogen-bond donors (Lipinski definition) is 0. The SMILES string of the molecule is CCOc1cccc2sc(N(CCn3cccn3)C(=O)CCCS(=O)(=O)c3ccc(C)cc3)nc12. The van der Waals surface area contributed by atoms with E-state index in [9.17, 15) is 13.2 Å². The quantitative estimate of drug-likeness (QED) is 0.294. The van der Waals surface area contributed by atoms with E-state index in [1.54, 1.807) is 40.0 Å². The Bertz CT molecular complexity index is 1380. The summed E-state index contributed by atoms with van der Waals surface area (Å²) in [4.78, 5) is 19.9. The highest BCUT2D eigenvalue weighted by Gasteiger charge is 2.22. The molecule has 0 aliphatic carbocycles. The first-order chi connectivity index (χ1) is 16.9. The first-order valence-corrected chi connectivity index (χ1v) is 13.9. The molecule has 2 heterocycles. The highest BCUT2D eigenvalue weighted by molar-refractivity contribution is 7.91. The molecule has 2 aromatic heterocycles. The Kier molecular flexibility index (Phi) is 7.82. The van der Waals surface area contributed by atoms with Gasteiger partial charge in [0, 0.05) is 25.4 Å². The van der Waals surface area contributed by atoms with Crippen LogP contribution in [0.15, 0.2) is 65.8 Å². The molecule has 0 N–H and O–H groups in total. The molecule has 4 rings (SSSR count). The Morgan fingerprint density at radius 2 is 1.94 bits per heavy atom. The molecule has 0 aliphatic rings. The van der Waals surface area contributed by atoms with Gasteiger partial charge in [0.25, 0.3) is 0 Å². The smallest absolute Gasteiger partial charge is 0.228 e. The van der Waals surface area contributed by atoms with Crippen molar-refractivity contribution in [3.05, 3.63) is 66.5 Å². The Morgan fingerprint density at radius 3 is 2.66 bits per heavy atom. The van der Waals surface area contributed by atoms with E-state index < -0.39 is 9.84 Å². The van der Waals surface area contributed by atoms with Crippen LogP contribution in [0.25, 0.3) is 10.2 Å². The Balaban J connectivity index is 1.51. The molecule has 2 aromatic carbocycles. The lowest BCUT2D eigenvalue weighted by Crippen LogP contribution is -2.34. The maximum atomic E-state index is 13.3. The van der Waals surface area contributed by atoms with E-state index in [4.69, 9.17) is 9.72 Å². The van der Waals surface area contributed by atoms with Crippen LogP contribution in [-0.2, 0) is 21.2 Å². The fourth-order valence-corrected chi connectivity index (χ4v) is 6.01. The highest BCUT2D eigenvalue weighted by atomic mass is 32.2. The van der Waals surface area contributed by atoms with Crippen LogP contribution in [0.2, 0.25) is 0 Å². The number of nitrogens with zero attached hydrogens (tertiary/aromatic N) is 4. The largest absolute Gasteiger partial charge is 0.492 e. The summed E-state index contributed by atoms with van der Waals surface area (Å²) < 4.78 is 33.8. The first kappa shape index (κ1) is 24.9. The van der Waals surface area contributed by atoms with Crippen molar-refractivity contribution in [2.75, 3.05) is 23.8 Å². The standard InChI is InChI=1S/C25H28N4O4S2/c1-3-33-21-7-4-8-22-24(21)27-25(34-22)29(17-16-28-15-6-14-26-28)23(30)9-5-18-35(31,32)20-12-10-19(2)11-13-20/h4,6-8,10-15H,3,5,9,16-18H2,1-2H3. The number of benzene rings is 2. The molecule has 0 saturated carbocycles. The van der Waals surface area contributed by atoms with Crippen LogP contribution in [-0.4, -0.2) is 48.0 Å². The fourth-order valence-electron chi connectivity index (χ4n) is 3.67. The number of rotatable bonds is 11. The van der Waals surface area contributed by atoms with Crippen LogP contribution < -0.4 is 9.64 Å². The molecule has 1 amide bonds. The van der Waals surface area contributed by atoms with Crippen LogP contribution in [0, 0.1) is 6.92 Å². The topological polar surface area (TPSA) is 94.4 Å². The third-order valence-corrected chi connectivity index (χ3v) is 8.36. The molecule has 0 radical (unpaired) electrons. The number of amides is 1. The molecule has 0 unspecified atom stereocenters. The van der Waals surface area contributed by atoms with Crippen LogP contribution in [0.1, 0.15) is 25.3 Å². The number of sulfone groups is 1. The zero-order valence-electron chi connectivity index (χ0n) is 19.8. The summed E-state index contributed by atoms with van der Waals surface area (Å²) in [5.41, 5.74) is 1.71. The summed E-state index contributed by atoms with van der Waals surface area (Å²) in [6.45, 7) is 5.20. The van der Waals surface area contributed by atoms with Crippen LogP contribution in [0.5, 0.6) is 5.75 Å². The van der Waals surface area contributed by atoms with Gasteiger partial charge in [-0.25, -0.2) is 13.4 Å². The van der Waals surface area contributed by atoms with Gasteiger partial charge in [-0.3, -0.25) is 14.4 Å². The normalized spacial score (nSPS) is 11.6. The number of para-hydroxylation sites is 1. The van der Waals surface area contributed by atoms with Crippen molar-refractivity contribution in [3.63, 3.8) is 0 Å². The van der Waals surface area contributed by atoms with E-state index in [2.05, 4.69) is 5.10 Å². The number of hydrogen-bond acceptors (Lipinski definition) is 7. The van der Waals surface area contributed by atoms with Gasteiger partial charge >= 0.3 is 0 Å². The van der Waals surface area contributed by atoms with Crippen molar-refractivity contribution in [2.24, 2.45) is 0 Å².